The van der Waals surface area contributed by atoms with E-state index in [0.29, 0.717) is 22.4 Å². The number of benzene rings is 1. The highest BCUT2D eigenvalue weighted by Crippen LogP contribution is 2.34. The van der Waals surface area contributed by atoms with Gasteiger partial charge in [0.15, 0.2) is 5.78 Å². The molecule has 3 heteroatoms. The number of carbonyl (C=O) groups excluding carboxylic acids is 1. The summed E-state index contributed by atoms with van der Waals surface area (Å²) in [5.41, 5.74) is 1.06. The highest BCUT2D eigenvalue weighted by Gasteiger charge is 2.28. The summed E-state index contributed by atoms with van der Waals surface area (Å²) in [7, 11) is 0. The lowest BCUT2D eigenvalue weighted by Gasteiger charge is -2.38. The number of hydrogen-bond acceptors (Lipinski definition) is 2. The van der Waals surface area contributed by atoms with Gasteiger partial charge in [-0.1, -0.05) is 44.5 Å². The molecular formula is C18H26ClNO. The second kappa shape index (κ2) is 6.93. The third-order valence-corrected chi connectivity index (χ3v) is 4.97. The van der Waals surface area contributed by atoms with Crippen LogP contribution in [0.1, 0.15) is 50.4 Å². The average Bonchev–Trinajstić information content (AvgIpc) is 2.45. The first-order valence-electron chi connectivity index (χ1n) is 7.88. The number of carbonyl (C=O) groups is 1. The Hall–Kier alpha value is -0.860. The fourth-order valence-corrected chi connectivity index (χ4v) is 3.35. The van der Waals surface area contributed by atoms with E-state index >= 15 is 0 Å². The SMILES string of the molecule is CC(C)(C)C1CCN(CCC(=O)c2ccccc2Cl)CC1. The molecule has 0 aromatic heterocycles. The maximum absolute atomic E-state index is 12.2. The summed E-state index contributed by atoms with van der Waals surface area (Å²) in [6.45, 7) is 10.0. The Morgan fingerprint density at radius 1 is 1.24 bits per heavy atom. The number of Topliss-reactive ketones (excluding diaryl/α,β-unsaturated/α-hetero) is 1. The molecule has 2 rings (SSSR count). The maximum Gasteiger partial charge on any atom is 0.165 e. The highest BCUT2D eigenvalue weighted by atomic mass is 35.5. The first-order valence-corrected chi connectivity index (χ1v) is 8.26. The van der Waals surface area contributed by atoms with Gasteiger partial charge in [-0.15, -0.1) is 0 Å². The minimum atomic E-state index is 0.151. The second-order valence-corrected chi connectivity index (χ2v) is 7.54. The molecule has 0 aliphatic carbocycles. The Morgan fingerprint density at radius 3 is 2.43 bits per heavy atom. The van der Waals surface area contributed by atoms with Crippen molar-refractivity contribution in [1.82, 2.24) is 4.90 Å². The molecule has 0 N–H and O–H groups in total. The number of nitrogens with zero attached hydrogens (tertiary/aromatic N) is 1. The van der Waals surface area contributed by atoms with Crippen LogP contribution in [-0.4, -0.2) is 30.3 Å². The first kappa shape index (κ1) is 16.5. The minimum absolute atomic E-state index is 0.151. The molecule has 0 unspecified atom stereocenters. The number of piperidine rings is 1. The van der Waals surface area contributed by atoms with Gasteiger partial charge in [0.1, 0.15) is 0 Å². The minimum Gasteiger partial charge on any atom is -0.303 e. The second-order valence-electron chi connectivity index (χ2n) is 7.13. The fourth-order valence-electron chi connectivity index (χ4n) is 3.10. The van der Waals surface area contributed by atoms with E-state index in [1.807, 2.05) is 18.2 Å². The van der Waals surface area contributed by atoms with Crippen molar-refractivity contribution >= 4 is 17.4 Å². The van der Waals surface area contributed by atoms with Crippen molar-refractivity contribution in [2.24, 2.45) is 11.3 Å². The van der Waals surface area contributed by atoms with Gasteiger partial charge in [-0.2, -0.15) is 0 Å². The van der Waals surface area contributed by atoms with Gasteiger partial charge in [-0.05, 0) is 49.4 Å². The summed E-state index contributed by atoms with van der Waals surface area (Å²) in [4.78, 5) is 14.6. The van der Waals surface area contributed by atoms with Crippen LogP contribution in [-0.2, 0) is 0 Å². The van der Waals surface area contributed by atoms with Crippen LogP contribution in [0.15, 0.2) is 24.3 Å². The Morgan fingerprint density at radius 2 is 1.86 bits per heavy atom. The maximum atomic E-state index is 12.2. The first-order chi connectivity index (χ1) is 9.88. The van der Waals surface area contributed by atoms with Gasteiger partial charge < -0.3 is 4.90 Å². The molecule has 2 nitrogen and oxygen atoms in total. The van der Waals surface area contributed by atoms with Crippen LogP contribution in [0.2, 0.25) is 5.02 Å². The lowest BCUT2D eigenvalue weighted by atomic mass is 9.75. The molecule has 0 atom stereocenters. The molecule has 1 aliphatic rings. The topological polar surface area (TPSA) is 20.3 Å². The summed E-state index contributed by atoms with van der Waals surface area (Å²) < 4.78 is 0. The van der Waals surface area contributed by atoms with E-state index in [0.717, 1.165) is 25.6 Å². The Balaban J connectivity index is 1.80. The summed E-state index contributed by atoms with van der Waals surface area (Å²) in [5.74, 6) is 0.951. The predicted molar refractivity (Wildman–Crippen MR) is 89.0 cm³/mol. The van der Waals surface area contributed by atoms with Crippen LogP contribution in [0.25, 0.3) is 0 Å². The smallest absolute Gasteiger partial charge is 0.165 e. The molecule has 1 heterocycles. The van der Waals surface area contributed by atoms with Gasteiger partial charge in [0.2, 0.25) is 0 Å². The van der Waals surface area contributed by atoms with Crippen LogP contribution in [0, 0.1) is 11.3 Å². The molecule has 0 radical (unpaired) electrons. The number of ketones is 1. The third kappa shape index (κ3) is 4.55. The average molecular weight is 308 g/mol. The van der Waals surface area contributed by atoms with Gasteiger partial charge in [0.25, 0.3) is 0 Å². The largest absolute Gasteiger partial charge is 0.303 e. The van der Waals surface area contributed by atoms with E-state index < -0.39 is 0 Å². The van der Waals surface area contributed by atoms with Gasteiger partial charge >= 0.3 is 0 Å². The zero-order valence-electron chi connectivity index (χ0n) is 13.4. The van der Waals surface area contributed by atoms with Gasteiger partial charge in [-0.3, -0.25) is 4.79 Å². The number of rotatable bonds is 4. The van der Waals surface area contributed by atoms with Gasteiger partial charge in [0.05, 0.1) is 5.02 Å². The van der Waals surface area contributed by atoms with Crippen molar-refractivity contribution in [1.29, 1.82) is 0 Å². The molecule has 21 heavy (non-hydrogen) atoms. The van der Waals surface area contributed by atoms with E-state index in [9.17, 15) is 4.79 Å². The molecule has 0 saturated carbocycles. The van der Waals surface area contributed by atoms with Crippen molar-refractivity contribution in [3.8, 4) is 0 Å². The van der Waals surface area contributed by atoms with Crippen molar-refractivity contribution in [3.05, 3.63) is 34.9 Å². The molecule has 1 fully saturated rings. The lowest BCUT2D eigenvalue weighted by molar-refractivity contribution is 0.0902. The van der Waals surface area contributed by atoms with E-state index in [2.05, 4.69) is 25.7 Å². The summed E-state index contributed by atoms with van der Waals surface area (Å²) in [5, 5.41) is 0.564. The van der Waals surface area contributed by atoms with Crippen molar-refractivity contribution in [2.75, 3.05) is 19.6 Å². The molecule has 1 aromatic rings. The zero-order chi connectivity index (χ0) is 15.5. The van der Waals surface area contributed by atoms with Crippen LogP contribution in [0.4, 0.5) is 0 Å². The van der Waals surface area contributed by atoms with E-state index in [1.54, 1.807) is 6.07 Å². The molecule has 0 bridgehead atoms. The Labute approximate surface area is 133 Å². The zero-order valence-corrected chi connectivity index (χ0v) is 14.1. The van der Waals surface area contributed by atoms with Crippen LogP contribution in [0.3, 0.4) is 0 Å². The highest BCUT2D eigenvalue weighted by molar-refractivity contribution is 6.33. The Bertz CT molecular complexity index is 484. The standard InChI is InChI=1S/C18H26ClNO/c1-18(2,3)14-8-11-20(12-9-14)13-10-17(21)15-6-4-5-7-16(15)19/h4-7,14H,8-13H2,1-3H3. The van der Waals surface area contributed by atoms with E-state index in [4.69, 9.17) is 11.6 Å². The lowest BCUT2D eigenvalue weighted by Crippen LogP contribution is -2.38. The van der Waals surface area contributed by atoms with Crippen molar-refractivity contribution in [2.45, 2.75) is 40.0 Å². The summed E-state index contributed by atoms with van der Waals surface area (Å²) >= 11 is 6.08. The molecule has 0 amide bonds. The fraction of sp³-hybridized carbons (Fsp3) is 0.611. The number of likely N-dealkylation sites (tertiary alicyclic amines) is 1. The molecule has 1 aromatic carbocycles. The van der Waals surface area contributed by atoms with Crippen molar-refractivity contribution in [3.63, 3.8) is 0 Å². The van der Waals surface area contributed by atoms with Crippen LogP contribution in [0.5, 0.6) is 0 Å². The van der Waals surface area contributed by atoms with E-state index in [1.165, 1.54) is 12.8 Å². The molecule has 1 saturated heterocycles. The number of hydrogen-bond donors (Lipinski definition) is 0. The Kier molecular flexibility index (Phi) is 5.45. The van der Waals surface area contributed by atoms with Gasteiger partial charge in [-0.25, -0.2) is 0 Å². The molecule has 0 spiro atoms. The monoisotopic (exact) mass is 307 g/mol. The van der Waals surface area contributed by atoms with Crippen LogP contribution < -0.4 is 0 Å². The van der Waals surface area contributed by atoms with Crippen LogP contribution >= 0.6 is 11.6 Å². The van der Waals surface area contributed by atoms with Crippen molar-refractivity contribution < 1.29 is 4.79 Å². The third-order valence-electron chi connectivity index (χ3n) is 4.64. The normalized spacial score (nSPS) is 17.9. The quantitative estimate of drug-likeness (QED) is 0.753. The van der Waals surface area contributed by atoms with Gasteiger partial charge in [0, 0.05) is 18.5 Å². The number of halogens is 1. The summed E-state index contributed by atoms with van der Waals surface area (Å²) in [6.07, 6.45) is 3.04. The predicted octanol–water partition coefficient (Wildman–Crippen LogP) is 4.67. The molecule has 116 valence electrons. The molecule has 1 aliphatic heterocycles. The summed E-state index contributed by atoms with van der Waals surface area (Å²) in [6, 6.07) is 7.32. The molecular weight excluding hydrogens is 282 g/mol. The van der Waals surface area contributed by atoms with E-state index in [-0.39, 0.29) is 5.78 Å².